The van der Waals surface area contributed by atoms with Crippen LogP contribution in [0, 0.1) is 0 Å². The average molecular weight is 311 g/mol. The third-order valence-corrected chi connectivity index (χ3v) is 3.87. The molecule has 3 rings (SSSR count). The highest BCUT2D eigenvalue weighted by atomic mass is 16.5. The van der Waals surface area contributed by atoms with E-state index in [2.05, 4.69) is 4.99 Å². The number of ether oxygens (including phenoxy) is 2. The molecule has 2 aromatic rings. The highest BCUT2D eigenvalue weighted by molar-refractivity contribution is 5.97. The van der Waals surface area contributed by atoms with Gasteiger partial charge in [0.1, 0.15) is 18.5 Å². The Bertz CT molecular complexity index is 723. The fourth-order valence-electron chi connectivity index (χ4n) is 2.63. The van der Waals surface area contributed by atoms with Gasteiger partial charge in [0.15, 0.2) is 0 Å². The molecule has 2 aromatic carbocycles. The Morgan fingerprint density at radius 2 is 1.91 bits per heavy atom. The molecule has 4 nitrogen and oxygen atoms in total. The van der Waals surface area contributed by atoms with Crippen LogP contribution in [0.25, 0.3) is 0 Å². The Labute approximate surface area is 136 Å². The fraction of sp³-hybridized carbons (Fsp3) is 0.316. The summed E-state index contributed by atoms with van der Waals surface area (Å²) < 4.78 is 11.1. The SMILES string of the molecule is COc1ccc(C2=NC(C)(C)CO2)c(C(O)c2ccccc2)c1. The largest absolute Gasteiger partial charge is 0.497 e. The predicted molar refractivity (Wildman–Crippen MR) is 90.1 cm³/mol. The minimum absolute atomic E-state index is 0.246. The molecule has 1 aliphatic rings. The third kappa shape index (κ3) is 3.22. The van der Waals surface area contributed by atoms with Gasteiger partial charge in [-0.15, -0.1) is 0 Å². The molecular weight excluding hydrogens is 290 g/mol. The van der Waals surface area contributed by atoms with E-state index in [1.807, 2.05) is 62.4 Å². The van der Waals surface area contributed by atoms with Crippen molar-refractivity contribution < 1.29 is 14.6 Å². The summed E-state index contributed by atoms with van der Waals surface area (Å²) in [4.78, 5) is 4.63. The van der Waals surface area contributed by atoms with Crippen molar-refractivity contribution in [3.8, 4) is 5.75 Å². The maximum Gasteiger partial charge on any atom is 0.217 e. The highest BCUT2D eigenvalue weighted by Gasteiger charge is 2.29. The molecule has 1 atom stereocenters. The number of rotatable bonds is 4. The first-order valence-electron chi connectivity index (χ1n) is 7.64. The second kappa shape index (κ2) is 6.05. The van der Waals surface area contributed by atoms with Crippen LogP contribution in [0.4, 0.5) is 0 Å². The molecule has 1 aliphatic heterocycles. The third-order valence-electron chi connectivity index (χ3n) is 3.87. The van der Waals surface area contributed by atoms with Gasteiger partial charge in [-0.1, -0.05) is 30.3 Å². The summed E-state index contributed by atoms with van der Waals surface area (Å²) in [5.41, 5.74) is 2.10. The molecule has 0 fully saturated rings. The minimum atomic E-state index is -0.767. The van der Waals surface area contributed by atoms with E-state index in [1.165, 1.54) is 0 Å². The van der Waals surface area contributed by atoms with E-state index >= 15 is 0 Å². The van der Waals surface area contributed by atoms with Crippen molar-refractivity contribution >= 4 is 5.90 Å². The maximum atomic E-state index is 10.8. The number of aliphatic hydroxyl groups excluding tert-OH is 1. The molecule has 0 saturated carbocycles. The van der Waals surface area contributed by atoms with Gasteiger partial charge in [0.2, 0.25) is 5.90 Å². The van der Waals surface area contributed by atoms with Crippen molar-refractivity contribution in [2.45, 2.75) is 25.5 Å². The van der Waals surface area contributed by atoms with E-state index in [4.69, 9.17) is 9.47 Å². The molecule has 0 bridgehead atoms. The first-order chi connectivity index (χ1) is 11.0. The second-order valence-corrected chi connectivity index (χ2v) is 6.28. The summed E-state index contributed by atoms with van der Waals surface area (Å²) in [7, 11) is 1.61. The van der Waals surface area contributed by atoms with Crippen LogP contribution >= 0.6 is 0 Å². The standard InChI is InChI=1S/C19H21NO3/c1-19(2)12-23-18(20-19)15-10-9-14(22-3)11-16(15)17(21)13-7-5-4-6-8-13/h4-11,17,21H,12H2,1-3H3. The van der Waals surface area contributed by atoms with E-state index in [9.17, 15) is 5.11 Å². The second-order valence-electron chi connectivity index (χ2n) is 6.28. The van der Waals surface area contributed by atoms with E-state index < -0.39 is 6.10 Å². The zero-order valence-corrected chi connectivity index (χ0v) is 13.6. The number of benzene rings is 2. The van der Waals surface area contributed by atoms with Gasteiger partial charge in [-0.3, -0.25) is 0 Å². The zero-order chi connectivity index (χ0) is 16.4. The molecule has 0 saturated heterocycles. The van der Waals surface area contributed by atoms with Gasteiger partial charge in [0.05, 0.1) is 12.6 Å². The predicted octanol–water partition coefficient (Wildman–Crippen LogP) is 3.33. The van der Waals surface area contributed by atoms with Crippen LogP contribution < -0.4 is 4.74 Å². The van der Waals surface area contributed by atoms with Gasteiger partial charge in [-0.05, 0) is 37.6 Å². The van der Waals surface area contributed by atoms with Crippen molar-refractivity contribution in [2.75, 3.05) is 13.7 Å². The van der Waals surface area contributed by atoms with Crippen molar-refractivity contribution in [3.63, 3.8) is 0 Å². The van der Waals surface area contributed by atoms with Crippen molar-refractivity contribution in [1.29, 1.82) is 0 Å². The molecule has 4 heteroatoms. The number of nitrogens with zero attached hydrogens (tertiary/aromatic N) is 1. The highest BCUT2D eigenvalue weighted by Crippen LogP contribution is 2.31. The first kappa shape index (κ1) is 15.6. The number of hydrogen-bond acceptors (Lipinski definition) is 4. The summed E-state index contributed by atoms with van der Waals surface area (Å²) in [6.45, 7) is 4.59. The number of aliphatic hydroxyl groups is 1. The summed E-state index contributed by atoms with van der Waals surface area (Å²) >= 11 is 0. The van der Waals surface area contributed by atoms with Gasteiger partial charge in [-0.25, -0.2) is 4.99 Å². The summed E-state index contributed by atoms with van der Waals surface area (Å²) in [5, 5.41) is 10.8. The Kier molecular flexibility index (Phi) is 4.09. The van der Waals surface area contributed by atoms with Gasteiger partial charge in [0.25, 0.3) is 0 Å². The van der Waals surface area contributed by atoms with Gasteiger partial charge < -0.3 is 14.6 Å². The maximum absolute atomic E-state index is 10.8. The van der Waals surface area contributed by atoms with Crippen LogP contribution in [0.2, 0.25) is 0 Å². The first-order valence-corrected chi connectivity index (χ1v) is 7.64. The fourth-order valence-corrected chi connectivity index (χ4v) is 2.63. The molecule has 0 spiro atoms. The molecule has 0 aromatic heterocycles. The van der Waals surface area contributed by atoms with E-state index in [0.29, 0.717) is 18.3 Å². The number of aliphatic imine (C=N–C) groups is 1. The van der Waals surface area contributed by atoms with E-state index in [0.717, 1.165) is 16.7 Å². The summed E-state index contributed by atoms with van der Waals surface area (Å²) in [6.07, 6.45) is -0.767. The quantitative estimate of drug-likeness (QED) is 0.942. The van der Waals surface area contributed by atoms with E-state index in [-0.39, 0.29) is 5.54 Å². The van der Waals surface area contributed by atoms with Crippen LogP contribution in [-0.2, 0) is 4.74 Å². The number of hydrogen-bond donors (Lipinski definition) is 1. The van der Waals surface area contributed by atoms with Crippen LogP contribution in [-0.4, -0.2) is 30.3 Å². The Morgan fingerprint density at radius 1 is 1.17 bits per heavy atom. The lowest BCUT2D eigenvalue weighted by Crippen LogP contribution is -2.17. The Balaban J connectivity index is 2.07. The normalized spacial score (nSPS) is 17.3. The zero-order valence-electron chi connectivity index (χ0n) is 13.6. The molecule has 120 valence electrons. The van der Waals surface area contributed by atoms with E-state index in [1.54, 1.807) is 7.11 Å². The van der Waals surface area contributed by atoms with Crippen LogP contribution in [0.1, 0.15) is 36.6 Å². The van der Waals surface area contributed by atoms with Gasteiger partial charge >= 0.3 is 0 Å². The lowest BCUT2D eigenvalue weighted by Gasteiger charge is -2.17. The molecule has 1 unspecified atom stereocenters. The Morgan fingerprint density at radius 3 is 2.52 bits per heavy atom. The molecule has 0 radical (unpaired) electrons. The lowest BCUT2D eigenvalue weighted by molar-refractivity contribution is 0.218. The monoisotopic (exact) mass is 311 g/mol. The van der Waals surface area contributed by atoms with Crippen LogP contribution in [0.3, 0.4) is 0 Å². The molecule has 0 amide bonds. The molecule has 1 N–H and O–H groups in total. The topological polar surface area (TPSA) is 51.0 Å². The van der Waals surface area contributed by atoms with Gasteiger partial charge in [0, 0.05) is 11.1 Å². The molecular formula is C19H21NO3. The minimum Gasteiger partial charge on any atom is -0.497 e. The summed E-state index contributed by atoms with van der Waals surface area (Å²) in [5.74, 6) is 1.26. The molecule has 0 aliphatic carbocycles. The lowest BCUT2D eigenvalue weighted by atomic mass is 9.96. The smallest absolute Gasteiger partial charge is 0.217 e. The summed E-state index contributed by atoms with van der Waals surface area (Å²) in [6, 6.07) is 15.1. The van der Waals surface area contributed by atoms with Crippen molar-refractivity contribution in [1.82, 2.24) is 0 Å². The van der Waals surface area contributed by atoms with Crippen molar-refractivity contribution in [2.24, 2.45) is 4.99 Å². The average Bonchev–Trinajstić information content (AvgIpc) is 2.94. The van der Waals surface area contributed by atoms with Crippen molar-refractivity contribution in [3.05, 3.63) is 65.2 Å². The molecule has 1 heterocycles. The van der Waals surface area contributed by atoms with Crippen LogP contribution in [0.5, 0.6) is 5.75 Å². The van der Waals surface area contributed by atoms with Gasteiger partial charge in [-0.2, -0.15) is 0 Å². The number of methoxy groups -OCH3 is 1. The molecule has 23 heavy (non-hydrogen) atoms. The van der Waals surface area contributed by atoms with Crippen LogP contribution in [0.15, 0.2) is 53.5 Å². The Hall–Kier alpha value is -2.33.